The lowest BCUT2D eigenvalue weighted by Crippen LogP contribution is -2.91. The molecular weight excluding hydrogens is 284 g/mol. The van der Waals surface area contributed by atoms with Gasteiger partial charge in [-0.05, 0) is 36.8 Å². The van der Waals surface area contributed by atoms with Crippen LogP contribution < -0.4 is 15.7 Å². The number of aliphatic carboxylic acids is 1. The number of quaternary nitrogens is 1. The molecule has 2 rings (SSSR count). The van der Waals surface area contributed by atoms with E-state index in [1.165, 1.54) is 6.26 Å². The van der Waals surface area contributed by atoms with E-state index in [-0.39, 0.29) is 12.3 Å². The Morgan fingerprint density at radius 2 is 2.14 bits per heavy atom. The number of carboxylic acids is 1. The fourth-order valence-electron chi connectivity index (χ4n) is 2.11. The van der Waals surface area contributed by atoms with Crippen molar-refractivity contribution in [2.24, 2.45) is 0 Å². The first-order valence-corrected chi connectivity index (χ1v) is 6.97. The first-order valence-electron chi connectivity index (χ1n) is 6.97. The second-order valence-electron chi connectivity index (χ2n) is 5.06. The van der Waals surface area contributed by atoms with Crippen LogP contribution in [0.2, 0.25) is 0 Å². The van der Waals surface area contributed by atoms with Gasteiger partial charge in [0.2, 0.25) is 0 Å². The highest BCUT2D eigenvalue weighted by Crippen LogP contribution is 2.09. The predicted octanol–water partition coefficient (Wildman–Crippen LogP) is -0.201. The zero-order chi connectivity index (χ0) is 15.9. The molecule has 0 fully saturated rings. The Morgan fingerprint density at radius 3 is 2.77 bits per heavy atom. The van der Waals surface area contributed by atoms with Gasteiger partial charge in [-0.1, -0.05) is 12.1 Å². The summed E-state index contributed by atoms with van der Waals surface area (Å²) in [6.45, 7) is 2.30. The summed E-state index contributed by atoms with van der Waals surface area (Å²) in [5.74, 6) is -0.965. The van der Waals surface area contributed by atoms with Crippen LogP contribution in [0.5, 0.6) is 0 Å². The molecule has 1 aromatic heterocycles. The number of hydrogen-bond acceptors (Lipinski definition) is 4. The summed E-state index contributed by atoms with van der Waals surface area (Å²) in [7, 11) is 0. The standard InChI is InChI=1S/C16H18N2O4/c1-11-4-2-5-12(8-11)18-16(21)14(9-15(19)20)17-10-13-6-3-7-22-13/h2-8,14,17H,9-10H2,1H3,(H,18,21)(H,19,20)/t14-/m1/s1. The number of carbonyl (C=O) groups excluding carboxylic acids is 2. The minimum atomic E-state index is -1.26. The Balaban J connectivity index is 2.00. The van der Waals surface area contributed by atoms with E-state index in [2.05, 4.69) is 5.32 Å². The van der Waals surface area contributed by atoms with Gasteiger partial charge in [-0.2, -0.15) is 0 Å². The molecule has 0 saturated carbocycles. The Hall–Kier alpha value is -2.60. The SMILES string of the molecule is Cc1cccc(NC(=O)[C@@H](CC(=O)[O-])[NH2+]Cc2ccco2)c1. The highest BCUT2D eigenvalue weighted by molar-refractivity contribution is 5.95. The van der Waals surface area contributed by atoms with Crippen LogP contribution in [0.25, 0.3) is 0 Å². The zero-order valence-electron chi connectivity index (χ0n) is 12.2. The van der Waals surface area contributed by atoms with Crippen molar-refractivity contribution in [1.82, 2.24) is 0 Å². The molecule has 0 unspecified atom stereocenters. The zero-order valence-corrected chi connectivity index (χ0v) is 12.2. The van der Waals surface area contributed by atoms with Crippen LogP contribution in [-0.4, -0.2) is 17.9 Å². The lowest BCUT2D eigenvalue weighted by Gasteiger charge is -2.15. The third kappa shape index (κ3) is 4.75. The molecule has 0 saturated heterocycles. The molecule has 0 aliphatic carbocycles. The van der Waals surface area contributed by atoms with Crippen LogP contribution >= 0.6 is 0 Å². The Labute approximate surface area is 128 Å². The summed E-state index contributed by atoms with van der Waals surface area (Å²) in [6, 6.07) is 10.0. The van der Waals surface area contributed by atoms with E-state index in [0.717, 1.165) is 5.56 Å². The van der Waals surface area contributed by atoms with E-state index < -0.39 is 12.0 Å². The molecule has 2 aromatic rings. The fraction of sp³-hybridized carbons (Fsp3) is 0.250. The number of amides is 1. The van der Waals surface area contributed by atoms with Gasteiger partial charge < -0.3 is 25.0 Å². The number of aryl methyl sites for hydroxylation is 1. The molecule has 0 aliphatic rings. The van der Waals surface area contributed by atoms with Gasteiger partial charge in [0, 0.05) is 18.1 Å². The highest BCUT2D eigenvalue weighted by atomic mass is 16.4. The number of carbonyl (C=O) groups is 2. The minimum absolute atomic E-state index is 0.363. The molecule has 0 aliphatic heterocycles. The third-order valence-electron chi connectivity index (χ3n) is 3.19. The first kappa shape index (κ1) is 15.8. The maximum atomic E-state index is 12.3. The molecular formula is C16H18N2O4. The second kappa shape index (κ2) is 7.42. The van der Waals surface area contributed by atoms with Crippen molar-refractivity contribution in [3.05, 3.63) is 54.0 Å². The third-order valence-corrected chi connectivity index (χ3v) is 3.19. The van der Waals surface area contributed by atoms with Gasteiger partial charge in [0.15, 0.2) is 11.8 Å². The molecule has 116 valence electrons. The van der Waals surface area contributed by atoms with E-state index in [1.54, 1.807) is 23.5 Å². The predicted molar refractivity (Wildman–Crippen MR) is 77.6 cm³/mol. The van der Waals surface area contributed by atoms with Crippen molar-refractivity contribution in [3.63, 3.8) is 0 Å². The van der Waals surface area contributed by atoms with Crippen molar-refractivity contribution >= 4 is 17.6 Å². The average molecular weight is 302 g/mol. The number of nitrogens with two attached hydrogens (primary N) is 1. The first-order chi connectivity index (χ1) is 10.5. The molecule has 0 spiro atoms. The monoisotopic (exact) mass is 302 g/mol. The smallest absolute Gasteiger partial charge is 0.283 e. The molecule has 3 N–H and O–H groups in total. The van der Waals surface area contributed by atoms with Gasteiger partial charge in [0.25, 0.3) is 5.91 Å². The van der Waals surface area contributed by atoms with Crippen LogP contribution in [0.3, 0.4) is 0 Å². The van der Waals surface area contributed by atoms with Crippen LogP contribution in [0, 0.1) is 6.92 Å². The van der Waals surface area contributed by atoms with Crippen molar-refractivity contribution < 1.29 is 24.4 Å². The van der Waals surface area contributed by atoms with Gasteiger partial charge in [-0.3, -0.25) is 4.79 Å². The second-order valence-corrected chi connectivity index (χ2v) is 5.06. The largest absolute Gasteiger partial charge is 0.550 e. The number of hydrogen-bond donors (Lipinski definition) is 2. The van der Waals surface area contributed by atoms with Gasteiger partial charge in [0.05, 0.1) is 6.26 Å². The van der Waals surface area contributed by atoms with E-state index in [9.17, 15) is 14.7 Å². The number of carboxylic acid groups (broad SMARTS) is 1. The van der Waals surface area contributed by atoms with E-state index in [0.29, 0.717) is 18.0 Å². The molecule has 1 aromatic carbocycles. The summed E-state index contributed by atoms with van der Waals surface area (Å²) in [6.07, 6.45) is 1.17. The van der Waals surface area contributed by atoms with Crippen molar-refractivity contribution in [2.45, 2.75) is 25.9 Å². The van der Waals surface area contributed by atoms with Crippen molar-refractivity contribution in [1.29, 1.82) is 0 Å². The number of benzene rings is 1. The number of anilines is 1. The molecule has 6 nitrogen and oxygen atoms in total. The van der Waals surface area contributed by atoms with Crippen molar-refractivity contribution in [3.8, 4) is 0 Å². The Kier molecular flexibility index (Phi) is 5.32. The lowest BCUT2D eigenvalue weighted by molar-refractivity contribution is -0.693. The summed E-state index contributed by atoms with van der Waals surface area (Å²) >= 11 is 0. The number of rotatable bonds is 7. The maximum Gasteiger partial charge on any atom is 0.283 e. The quantitative estimate of drug-likeness (QED) is 0.740. The average Bonchev–Trinajstić information content (AvgIpc) is 2.96. The van der Waals surface area contributed by atoms with E-state index in [1.807, 2.05) is 25.1 Å². The minimum Gasteiger partial charge on any atom is -0.550 e. The van der Waals surface area contributed by atoms with Crippen molar-refractivity contribution in [2.75, 3.05) is 5.32 Å². The molecule has 6 heteroatoms. The topological polar surface area (TPSA) is 99.0 Å². The van der Waals surface area contributed by atoms with Crippen LogP contribution in [0.1, 0.15) is 17.7 Å². The fourth-order valence-corrected chi connectivity index (χ4v) is 2.11. The molecule has 1 amide bonds. The van der Waals surface area contributed by atoms with Gasteiger partial charge in [-0.25, -0.2) is 0 Å². The van der Waals surface area contributed by atoms with Crippen LogP contribution in [-0.2, 0) is 16.1 Å². The van der Waals surface area contributed by atoms with Crippen LogP contribution in [0.4, 0.5) is 5.69 Å². The molecule has 0 bridgehead atoms. The maximum absolute atomic E-state index is 12.3. The Bertz CT molecular complexity index is 637. The Morgan fingerprint density at radius 1 is 1.32 bits per heavy atom. The van der Waals surface area contributed by atoms with E-state index in [4.69, 9.17) is 4.42 Å². The van der Waals surface area contributed by atoms with E-state index >= 15 is 0 Å². The lowest BCUT2D eigenvalue weighted by atomic mass is 10.1. The molecule has 0 radical (unpaired) electrons. The number of nitrogens with one attached hydrogen (secondary N) is 1. The molecule has 1 atom stereocenters. The van der Waals surface area contributed by atoms with Gasteiger partial charge >= 0.3 is 0 Å². The summed E-state index contributed by atoms with van der Waals surface area (Å²) < 4.78 is 5.18. The van der Waals surface area contributed by atoms with Crippen LogP contribution in [0.15, 0.2) is 47.1 Å². The summed E-state index contributed by atoms with van der Waals surface area (Å²) in [5, 5.41) is 15.2. The summed E-state index contributed by atoms with van der Waals surface area (Å²) in [5.41, 5.74) is 1.65. The van der Waals surface area contributed by atoms with Gasteiger partial charge in [-0.15, -0.1) is 0 Å². The molecule has 1 heterocycles. The van der Waals surface area contributed by atoms with Gasteiger partial charge in [0.1, 0.15) is 6.54 Å². The number of furan rings is 1. The highest BCUT2D eigenvalue weighted by Gasteiger charge is 2.22. The normalized spacial score (nSPS) is 11.9. The summed E-state index contributed by atoms with van der Waals surface area (Å²) in [4.78, 5) is 23.1. The molecule has 22 heavy (non-hydrogen) atoms.